The Balaban J connectivity index is 2.81. The number of aryl methyl sites for hydroxylation is 1. The van der Waals surface area contributed by atoms with Crippen LogP contribution in [-0.2, 0) is 4.79 Å². The third-order valence-corrected chi connectivity index (χ3v) is 2.49. The first kappa shape index (κ1) is 12.2. The lowest BCUT2D eigenvalue weighted by atomic mass is 10.1. The largest absolute Gasteiger partial charge is 0.399 e. The van der Waals surface area contributed by atoms with Crippen molar-refractivity contribution < 1.29 is 9.59 Å². The van der Waals surface area contributed by atoms with E-state index in [1.54, 1.807) is 25.1 Å². The average Bonchev–Trinajstić information content (AvgIpc) is 2.21. The number of carbonyl (C=O) groups is 2. The standard InChI is InChI=1S/C12H16N2O2/c1-7-6-10(4-5-11(7)13)12(16)14-8(2)9(3)15/h4-6,8H,13H2,1-3H3,(H,14,16). The molecule has 1 amide bonds. The van der Waals surface area contributed by atoms with E-state index in [4.69, 9.17) is 5.73 Å². The van der Waals surface area contributed by atoms with Crippen molar-refractivity contribution in [3.63, 3.8) is 0 Å². The molecular weight excluding hydrogens is 204 g/mol. The lowest BCUT2D eigenvalue weighted by Gasteiger charge is -2.11. The Kier molecular flexibility index (Phi) is 3.66. The summed E-state index contributed by atoms with van der Waals surface area (Å²) in [6, 6.07) is 4.57. The van der Waals surface area contributed by atoms with Crippen LogP contribution in [0, 0.1) is 6.92 Å². The maximum atomic E-state index is 11.7. The number of benzene rings is 1. The van der Waals surface area contributed by atoms with Crippen molar-refractivity contribution in [1.29, 1.82) is 0 Å². The van der Waals surface area contributed by atoms with Gasteiger partial charge in [-0.25, -0.2) is 0 Å². The Labute approximate surface area is 94.8 Å². The summed E-state index contributed by atoms with van der Waals surface area (Å²) in [7, 11) is 0. The number of anilines is 1. The van der Waals surface area contributed by atoms with E-state index in [1.165, 1.54) is 6.92 Å². The second-order valence-corrected chi connectivity index (χ2v) is 3.88. The zero-order valence-electron chi connectivity index (χ0n) is 9.70. The molecule has 1 unspecified atom stereocenters. The van der Waals surface area contributed by atoms with Gasteiger partial charge in [0.15, 0.2) is 5.78 Å². The van der Waals surface area contributed by atoms with Crippen LogP contribution in [0.3, 0.4) is 0 Å². The van der Waals surface area contributed by atoms with Gasteiger partial charge >= 0.3 is 0 Å². The highest BCUT2D eigenvalue weighted by Crippen LogP contribution is 2.12. The van der Waals surface area contributed by atoms with Crippen LogP contribution >= 0.6 is 0 Å². The predicted molar refractivity (Wildman–Crippen MR) is 63.2 cm³/mol. The lowest BCUT2D eigenvalue weighted by Crippen LogP contribution is -2.37. The molecule has 1 rings (SSSR count). The van der Waals surface area contributed by atoms with Gasteiger partial charge in [-0.2, -0.15) is 0 Å². The SMILES string of the molecule is CC(=O)C(C)NC(=O)c1ccc(N)c(C)c1. The maximum Gasteiger partial charge on any atom is 0.251 e. The number of carbonyl (C=O) groups excluding carboxylic acids is 2. The summed E-state index contributed by atoms with van der Waals surface area (Å²) in [4.78, 5) is 22.7. The molecule has 16 heavy (non-hydrogen) atoms. The molecule has 0 spiro atoms. The van der Waals surface area contributed by atoms with Crippen LogP contribution in [0.4, 0.5) is 5.69 Å². The van der Waals surface area contributed by atoms with Crippen LogP contribution in [-0.4, -0.2) is 17.7 Å². The van der Waals surface area contributed by atoms with Crippen molar-refractivity contribution in [3.8, 4) is 0 Å². The summed E-state index contributed by atoms with van der Waals surface area (Å²) in [5.74, 6) is -0.327. The van der Waals surface area contributed by atoms with E-state index in [2.05, 4.69) is 5.32 Å². The van der Waals surface area contributed by atoms with Gasteiger partial charge in [-0.05, 0) is 44.5 Å². The zero-order valence-corrected chi connectivity index (χ0v) is 9.70. The highest BCUT2D eigenvalue weighted by Gasteiger charge is 2.13. The fourth-order valence-electron chi connectivity index (χ4n) is 1.20. The molecule has 0 bridgehead atoms. The van der Waals surface area contributed by atoms with Crippen molar-refractivity contribution >= 4 is 17.4 Å². The third-order valence-electron chi connectivity index (χ3n) is 2.49. The van der Waals surface area contributed by atoms with Gasteiger partial charge in [-0.3, -0.25) is 9.59 Å². The molecule has 0 aliphatic carbocycles. The smallest absolute Gasteiger partial charge is 0.251 e. The van der Waals surface area contributed by atoms with Crippen LogP contribution in [0.1, 0.15) is 29.8 Å². The van der Waals surface area contributed by atoms with Gasteiger partial charge in [0.05, 0.1) is 6.04 Å². The Morgan fingerprint density at radius 3 is 2.50 bits per heavy atom. The normalized spacial score (nSPS) is 11.9. The fraction of sp³-hybridized carbons (Fsp3) is 0.333. The topological polar surface area (TPSA) is 72.2 Å². The summed E-state index contributed by atoms with van der Waals surface area (Å²) in [6.07, 6.45) is 0. The number of ketones is 1. The van der Waals surface area contributed by atoms with Gasteiger partial charge in [0.25, 0.3) is 5.91 Å². The van der Waals surface area contributed by atoms with Crippen molar-refractivity contribution in [2.75, 3.05) is 5.73 Å². The van der Waals surface area contributed by atoms with Gasteiger partial charge < -0.3 is 11.1 Å². The van der Waals surface area contributed by atoms with Gasteiger partial charge in [-0.15, -0.1) is 0 Å². The number of nitrogens with two attached hydrogens (primary N) is 1. The summed E-state index contributed by atoms with van der Waals surface area (Å²) in [5, 5.41) is 2.61. The molecule has 4 nitrogen and oxygen atoms in total. The highest BCUT2D eigenvalue weighted by atomic mass is 16.2. The molecule has 1 atom stereocenters. The minimum Gasteiger partial charge on any atom is -0.399 e. The summed E-state index contributed by atoms with van der Waals surface area (Å²) >= 11 is 0. The first-order valence-electron chi connectivity index (χ1n) is 5.09. The number of amides is 1. The number of hydrogen-bond acceptors (Lipinski definition) is 3. The van der Waals surface area contributed by atoms with E-state index in [0.717, 1.165) is 5.56 Å². The lowest BCUT2D eigenvalue weighted by molar-refractivity contribution is -0.118. The van der Waals surface area contributed by atoms with Crippen molar-refractivity contribution in [2.45, 2.75) is 26.8 Å². The molecule has 0 radical (unpaired) electrons. The molecule has 0 aliphatic rings. The highest BCUT2D eigenvalue weighted by molar-refractivity contribution is 5.97. The molecule has 0 aliphatic heterocycles. The molecule has 4 heteroatoms. The summed E-state index contributed by atoms with van der Waals surface area (Å²) in [6.45, 7) is 4.93. The van der Waals surface area contributed by atoms with Crippen LogP contribution in [0.15, 0.2) is 18.2 Å². The predicted octanol–water partition coefficient (Wildman–Crippen LogP) is 1.28. The Bertz CT molecular complexity index is 427. The molecule has 1 aromatic carbocycles. The molecule has 0 saturated heterocycles. The maximum absolute atomic E-state index is 11.7. The quantitative estimate of drug-likeness (QED) is 0.754. The van der Waals surface area contributed by atoms with Crippen LogP contribution < -0.4 is 11.1 Å². The van der Waals surface area contributed by atoms with Crippen molar-refractivity contribution in [3.05, 3.63) is 29.3 Å². The van der Waals surface area contributed by atoms with Crippen LogP contribution in [0.2, 0.25) is 0 Å². The molecule has 86 valence electrons. The van der Waals surface area contributed by atoms with Gasteiger partial charge in [0.2, 0.25) is 0 Å². The monoisotopic (exact) mass is 220 g/mol. The van der Waals surface area contributed by atoms with Crippen LogP contribution in [0.5, 0.6) is 0 Å². The summed E-state index contributed by atoms with van der Waals surface area (Å²) in [5.41, 5.74) is 7.67. The Morgan fingerprint density at radius 1 is 1.38 bits per heavy atom. The average molecular weight is 220 g/mol. The molecule has 0 aromatic heterocycles. The second-order valence-electron chi connectivity index (χ2n) is 3.88. The number of nitrogen functional groups attached to an aromatic ring is 1. The molecule has 0 fully saturated rings. The van der Waals surface area contributed by atoms with E-state index in [1.807, 2.05) is 6.92 Å². The number of hydrogen-bond donors (Lipinski definition) is 2. The number of nitrogens with one attached hydrogen (secondary N) is 1. The van der Waals surface area contributed by atoms with E-state index in [9.17, 15) is 9.59 Å². The molecule has 0 heterocycles. The minimum absolute atomic E-state index is 0.0690. The van der Waals surface area contributed by atoms with Gasteiger partial charge in [0, 0.05) is 11.3 Å². The van der Waals surface area contributed by atoms with Gasteiger partial charge in [0.1, 0.15) is 0 Å². The molecule has 3 N–H and O–H groups in total. The van der Waals surface area contributed by atoms with Gasteiger partial charge in [-0.1, -0.05) is 0 Å². The molecule has 0 saturated carbocycles. The first-order valence-corrected chi connectivity index (χ1v) is 5.09. The van der Waals surface area contributed by atoms with E-state index >= 15 is 0 Å². The third kappa shape index (κ3) is 2.82. The van der Waals surface area contributed by atoms with Crippen molar-refractivity contribution in [1.82, 2.24) is 5.32 Å². The van der Waals surface area contributed by atoms with Crippen molar-refractivity contribution in [2.24, 2.45) is 0 Å². The molecular formula is C12H16N2O2. The van der Waals surface area contributed by atoms with Crippen LogP contribution in [0.25, 0.3) is 0 Å². The number of Topliss-reactive ketones (excluding diaryl/α,β-unsaturated/α-hetero) is 1. The second kappa shape index (κ2) is 4.79. The van der Waals surface area contributed by atoms with E-state index in [0.29, 0.717) is 11.3 Å². The minimum atomic E-state index is -0.467. The van der Waals surface area contributed by atoms with E-state index < -0.39 is 6.04 Å². The number of rotatable bonds is 3. The fourth-order valence-corrected chi connectivity index (χ4v) is 1.20. The first-order chi connectivity index (χ1) is 7.41. The Morgan fingerprint density at radius 2 is 2.00 bits per heavy atom. The summed E-state index contributed by atoms with van der Waals surface area (Å²) < 4.78 is 0. The molecule has 1 aromatic rings. The zero-order chi connectivity index (χ0) is 12.3. The van der Waals surface area contributed by atoms with E-state index in [-0.39, 0.29) is 11.7 Å². The Hall–Kier alpha value is -1.84.